The Morgan fingerprint density at radius 2 is 1.38 bits per heavy atom. The Bertz CT molecular complexity index is 862. The second kappa shape index (κ2) is 13.9. The first kappa shape index (κ1) is 28.5. The molecule has 0 aliphatic carbocycles. The summed E-state index contributed by atoms with van der Waals surface area (Å²) in [5.74, 6) is -5.24. The number of benzene rings is 1. The van der Waals surface area contributed by atoms with Gasteiger partial charge in [0, 0.05) is 6.42 Å². The van der Waals surface area contributed by atoms with E-state index in [0.29, 0.717) is 5.56 Å². The molecule has 0 bridgehead atoms. The molecule has 0 heterocycles. The average molecular weight is 481 g/mol. The second-order valence-corrected chi connectivity index (χ2v) is 8.23. The SMILES string of the molecule is CC(C)CC(NC(=O)C(N)CC(=O)O)C(=O)NC(CO)C(=O)NC(Cc1ccccc1)C(=O)O. The number of nitrogens with two attached hydrogens (primary N) is 1. The lowest BCUT2D eigenvalue weighted by Gasteiger charge is -2.25. The second-order valence-electron chi connectivity index (χ2n) is 8.23. The number of carbonyl (C=O) groups excluding carboxylic acids is 3. The molecule has 0 aromatic heterocycles. The highest BCUT2D eigenvalue weighted by atomic mass is 16.4. The summed E-state index contributed by atoms with van der Waals surface area (Å²) in [5, 5.41) is 34.8. The molecule has 188 valence electrons. The predicted octanol–water partition coefficient (Wildman–Crippen LogP) is -1.39. The van der Waals surface area contributed by atoms with Gasteiger partial charge in [-0.2, -0.15) is 0 Å². The Kier molecular flexibility index (Phi) is 11.7. The summed E-state index contributed by atoms with van der Waals surface area (Å²) in [4.78, 5) is 59.9. The first-order valence-electron chi connectivity index (χ1n) is 10.7. The Labute approximate surface area is 196 Å². The monoisotopic (exact) mass is 480 g/mol. The molecule has 4 atom stereocenters. The Morgan fingerprint density at radius 1 is 0.853 bits per heavy atom. The van der Waals surface area contributed by atoms with Gasteiger partial charge in [0.2, 0.25) is 17.7 Å². The van der Waals surface area contributed by atoms with Crippen molar-refractivity contribution >= 4 is 29.7 Å². The van der Waals surface area contributed by atoms with Gasteiger partial charge in [-0.25, -0.2) is 4.79 Å². The summed E-state index contributed by atoms with van der Waals surface area (Å²) in [5.41, 5.74) is 6.20. The van der Waals surface area contributed by atoms with E-state index in [4.69, 9.17) is 10.8 Å². The van der Waals surface area contributed by atoms with Crippen LogP contribution in [0.15, 0.2) is 30.3 Å². The van der Waals surface area contributed by atoms with E-state index in [1.807, 2.05) is 0 Å². The number of rotatable bonds is 14. The van der Waals surface area contributed by atoms with E-state index in [2.05, 4.69) is 16.0 Å². The van der Waals surface area contributed by atoms with Crippen molar-refractivity contribution in [1.82, 2.24) is 16.0 Å². The van der Waals surface area contributed by atoms with Crippen LogP contribution >= 0.6 is 0 Å². The third-order valence-electron chi connectivity index (χ3n) is 4.78. The fourth-order valence-electron chi connectivity index (χ4n) is 3.05. The van der Waals surface area contributed by atoms with Crippen LogP contribution in [0.1, 0.15) is 32.3 Å². The molecule has 0 fully saturated rings. The summed E-state index contributed by atoms with van der Waals surface area (Å²) in [6.07, 6.45) is -0.508. The Hall–Kier alpha value is -3.51. The van der Waals surface area contributed by atoms with E-state index in [9.17, 15) is 34.2 Å². The minimum Gasteiger partial charge on any atom is -0.481 e. The molecule has 0 aliphatic heterocycles. The van der Waals surface area contributed by atoms with Crippen LogP contribution in [0, 0.1) is 5.92 Å². The predicted molar refractivity (Wildman–Crippen MR) is 120 cm³/mol. The summed E-state index contributed by atoms with van der Waals surface area (Å²) in [6, 6.07) is 3.26. The molecule has 0 saturated heterocycles. The number of hydrogen-bond donors (Lipinski definition) is 7. The van der Waals surface area contributed by atoms with Gasteiger partial charge in [0.15, 0.2) is 0 Å². The Balaban J connectivity index is 2.87. The average Bonchev–Trinajstić information content (AvgIpc) is 2.75. The normalized spacial score (nSPS) is 14.4. The van der Waals surface area contributed by atoms with Crippen molar-refractivity contribution in [2.75, 3.05) is 6.61 Å². The van der Waals surface area contributed by atoms with E-state index < -0.39 is 66.9 Å². The van der Waals surface area contributed by atoms with Crippen LogP contribution < -0.4 is 21.7 Å². The number of carbonyl (C=O) groups is 5. The first-order valence-corrected chi connectivity index (χ1v) is 10.7. The molecule has 34 heavy (non-hydrogen) atoms. The van der Waals surface area contributed by atoms with Crippen LogP contribution in [0.3, 0.4) is 0 Å². The van der Waals surface area contributed by atoms with Crippen molar-refractivity contribution in [3.8, 4) is 0 Å². The van der Waals surface area contributed by atoms with Crippen LogP contribution in [0.4, 0.5) is 0 Å². The van der Waals surface area contributed by atoms with Crippen molar-refractivity contribution in [1.29, 1.82) is 0 Å². The van der Waals surface area contributed by atoms with Gasteiger partial charge in [-0.1, -0.05) is 44.2 Å². The van der Waals surface area contributed by atoms with Gasteiger partial charge in [0.05, 0.1) is 19.1 Å². The molecule has 0 saturated carbocycles. The van der Waals surface area contributed by atoms with Crippen molar-refractivity contribution in [2.45, 2.75) is 57.3 Å². The van der Waals surface area contributed by atoms with Crippen molar-refractivity contribution in [2.24, 2.45) is 11.7 Å². The fourth-order valence-corrected chi connectivity index (χ4v) is 3.05. The molecule has 0 radical (unpaired) electrons. The minimum absolute atomic E-state index is 0.0124. The number of aliphatic hydroxyl groups excluding tert-OH is 1. The Morgan fingerprint density at radius 3 is 1.88 bits per heavy atom. The van der Waals surface area contributed by atoms with Gasteiger partial charge in [-0.05, 0) is 17.9 Å². The van der Waals surface area contributed by atoms with Gasteiger partial charge in [-0.15, -0.1) is 0 Å². The number of carboxylic acids is 2. The van der Waals surface area contributed by atoms with Crippen LogP contribution in [-0.2, 0) is 30.4 Å². The quantitative estimate of drug-likeness (QED) is 0.167. The maximum Gasteiger partial charge on any atom is 0.326 e. The van der Waals surface area contributed by atoms with Gasteiger partial charge in [-0.3, -0.25) is 19.2 Å². The van der Waals surface area contributed by atoms with Crippen LogP contribution in [0.25, 0.3) is 0 Å². The van der Waals surface area contributed by atoms with Gasteiger partial charge < -0.3 is 37.0 Å². The maximum atomic E-state index is 12.8. The molecular formula is C22H32N4O8. The van der Waals surface area contributed by atoms with Gasteiger partial charge in [0.1, 0.15) is 18.1 Å². The van der Waals surface area contributed by atoms with E-state index in [0.717, 1.165) is 0 Å². The molecule has 3 amide bonds. The molecular weight excluding hydrogens is 448 g/mol. The molecule has 12 nitrogen and oxygen atoms in total. The van der Waals surface area contributed by atoms with Crippen LogP contribution in [-0.4, -0.2) is 75.8 Å². The number of hydrogen-bond acceptors (Lipinski definition) is 7. The van der Waals surface area contributed by atoms with E-state index in [1.54, 1.807) is 44.2 Å². The molecule has 4 unspecified atom stereocenters. The molecule has 1 rings (SSSR count). The number of aliphatic hydroxyl groups is 1. The summed E-state index contributed by atoms with van der Waals surface area (Å²) >= 11 is 0. The largest absolute Gasteiger partial charge is 0.481 e. The number of nitrogens with one attached hydrogen (secondary N) is 3. The van der Waals surface area contributed by atoms with Crippen molar-refractivity contribution in [3.05, 3.63) is 35.9 Å². The van der Waals surface area contributed by atoms with Crippen LogP contribution in [0.2, 0.25) is 0 Å². The topological polar surface area (TPSA) is 208 Å². The highest BCUT2D eigenvalue weighted by molar-refractivity contribution is 5.94. The molecule has 0 spiro atoms. The van der Waals surface area contributed by atoms with E-state index in [1.165, 1.54) is 0 Å². The first-order chi connectivity index (χ1) is 15.9. The third kappa shape index (κ3) is 9.96. The van der Waals surface area contributed by atoms with Crippen molar-refractivity contribution in [3.63, 3.8) is 0 Å². The zero-order valence-electron chi connectivity index (χ0n) is 19.1. The smallest absolute Gasteiger partial charge is 0.326 e. The number of carboxylic acid groups (broad SMARTS) is 2. The summed E-state index contributed by atoms with van der Waals surface area (Å²) in [6.45, 7) is 2.73. The molecule has 1 aromatic carbocycles. The zero-order valence-corrected chi connectivity index (χ0v) is 19.1. The van der Waals surface area contributed by atoms with Crippen LogP contribution in [0.5, 0.6) is 0 Å². The highest BCUT2D eigenvalue weighted by Gasteiger charge is 2.30. The minimum atomic E-state index is -1.48. The fraction of sp³-hybridized carbons (Fsp3) is 0.500. The lowest BCUT2D eigenvalue weighted by molar-refractivity contribution is -0.142. The van der Waals surface area contributed by atoms with E-state index in [-0.39, 0.29) is 18.8 Å². The maximum absolute atomic E-state index is 12.8. The standard InChI is InChI=1S/C22H32N4O8/c1-12(2)8-15(24-19(30)14(23)10-18(28)29)20(31)26-17(11-27)21(32)25-16(22(33)34)9-13-6-4-3-5-7-13/h3-7,12,14-17,27H,8-11,23H2,1-2H3,(H,24,30)(H,25,32)(H,26,31)(H,28,29)(H,33,34). The molecule has 12 heteroatoms. The molecule has 8 N–H and O–H groups in total. The van der Waals surface area contributed by atoms with Gasteiger partial charge >= 0.3 is 11.9 Å². The number of amides is 3. The highest BCUT2D eigenvalue weighted by Crippen LogP contribution is 2.07. The van der Waals surface area contributed by atoms with E-state index >= 15 is 0 Å². The molecule has 0 aliphatic rings. The summed E-state index contributed by atoms with van der Waals surface area (Å²) < 4.78 is 0. The lowest BCUT2D eigenvalue weighted by Crippen LogP contribution is -2.58. The number of aliphatic carboxylic acids is 2. The van der Waals surface area contributed by atoms with Crippen molar-refractivity contribution < 1.29 is 39.3 Å². The molecule has 1 aromatic rings. The zero-order chi connectivity index (χ0) is 25.8. The lowest BCUT2D eigenvalue weighted by atomic mass is 10.0. The third-order valence-corrected chi connectivity index (χ3v) is 4.78. The summed E-state index contributed by atoms with van der Waals surface area (Å²) in [7, 11) is 0. The van der Waals surface area contributed by atoms with Gasteiger partial charge in [0.25, 0.3) is 0 Å².